The molecule has 3 aromatic heterocycles. The summed E-state index contributed by atoms with van der Waals surface area (Å²) >= 11 is 1.16. The van der Waals surface area contributed by atoms with Gasteiger partial charge in [0.1, 0.15) is 0 Å². The van der Waals surface area contributed by atoms with Crippen molar-refractivity contribution >= 4 is 23.3 Å². The molecule has 3 heterocycles. The maximum absolute atomic E-state index is 12.7. The minimum Gasteiger partial charge on any atom is -0.317 e. The van der Waals surface area contributed by atoms with Crippen LogP contribution >= 0.6 is 11.7 Å². The first-order valence-corrected chi connectivity index (χ1v) is 9.07. The molecule has 0 saturated carbocycles. The van der Waals surface area contributed by atoms with E-state index in [-0.39, 0.29) is 11.9 Å². The smallest absolute Gasteiger partial charge is 0.278 e. The van der Waals surface area contributed by atoms with E-state index >= 15 is 0 Å². The van der Waals surface area contributed by atoms with Crippen LogP contribution in [-0.2, 0) is 6.54 Å². The van der Waals surface area contributed by atoms with Crippen molar-refractivity contribution in [1.82, 2.24) is 33.5 Å². The molecule has 0 unspecified atom stereocenters. The van der Waals surface area contributed by atoms with E-state index in [1.165, 1.54) is 0 Å². The van der Waals surface area contributed by atoms with Crippen molar-refractivity contribution in [2.45, 2.75) is 54.1 Å². The summed E-state index contributed by atoms with van der Waals surface area (Å²) in [5.74, 6) is -0.295. The highest BCUT2D eigenvalue weighted by Gasteiger charge is 2.21. The Morgan fingerprint density at radius 2 is 1.85 bits per heavy atom. The summed E-state index contributed by atoms with van der Waals surface area (Å²) in [5, 5.41) is 15.6. The number of anilines is 1. The molecule has 10 heteroatoms. The van der Waals surface area contributed by atoms with Crippen molar-refractivity contribution in [2.24, 2.45) is 0 Å². The SMILES string of the molecule is Cc1nsnc1Cn1nnc(C(=O)Nc2c(C)nn(C(C)C)c2C)c1C. The summed E-state index contributed by atoms with van der Waals surface area (Å²) in [6.07, 6.45) is 0. The molecule has 0 aliphatic carbocycles. The highest BCUT2D eigenvalue weighted by atomic mass is 32.1. The zero-order valence-corrected chi connectivity index (χ0v) is 16.5. The molecular formula is C16H22N8OS. The van der Waals surface area contributed by atoms with Gasteiger partial charge < -0.3 is 5.32 Å². The molecule has 1 amide bonds. The van der Waals surface area contributed by atoms with Crippen LogP contribution in [0.15, 0.2) is 0 Å². The number of hydrogen-bond acceptors (Lipinski definition) is 7. The summed E-state index contributed by atoms with van der Waals surface area (Å²) in [5.41, 5.74) is 5.09. The van der Waals surface area contributed by atoms with Crippen LogP contribution in [0.3, 0.4) is 0 Å². The van der Waals surface area contributed by atoms with E-state index in [0.717, 1.165) is 40.2 Å². The van der Waals surface area contributed by atoms with Crippen LogP contribution < -0.4 is 5.32 Å². The third-order valence-corrected chi connectivity index (χ3v) is 4.95. The van der Waals surface area contributed by atoms with Gasteiger partial charge in [-0.25, -0.2) is 4.68 Å². The molecule has 0 saturated heterocycles. The van der Waals surface area contributed by atoms with Crippen molar-refractivity contribution < 1.29 is 4.79 Å². The fourth-order valence-corrected chi connectivity index (χ4v) is 3.33. The Bertz CT molecular complexity index is 952. The van der Waals surface area contributed by atoms with Crippen LogP contribution in [0.4, 0.5) is 5.69 Å². The van der Waals surface area contributed by atoms with Gasteiger partial charge in [-0.2, -0.15) is 13.8 Å². The Hall–Kier alpha value is -2.62. The average Bonchev–Trinajstić information content (AvgIpc) is 3.23. The van der Waals surface area contributed by atoms with Crippen molar-refractivity contribution in [3.05, 3.63) is 34.2 Å². The standard InChI is InChI=1S/C16H22N8OS/c1-8(2)24-12(6)14(10(4)19-24)17-16(25)15-11(5)23(22-18-15)7-13-9(3)20-26-21-13/h8H,7H2,1-6H3,(H,17,25). The van der Waals surface area contributed by atoms with Gasteiger partial charge in [0.25, 0.3) is 5.91 Å². The summed E-state index contributed by atoms with van der Waals surface area (Å²) in [6, 6.07) is 0.219. The zero-order valence-electron chi connectivity index (χ0n) is 15.7. The van der Waals surface area contributed by atoms with Gasteiger partial charge in [0.2, 0.25) is 0 Å². The number of aromatic nitrogens is 7. The lowest BCUT2D eigenvalue weighted by Crippen LogP contribution is -2.16. The number of hydrogen-bond donors (Lipinski definition) is 1. The molecule has 26 heavy (non-hydrogen) atoms. The molecule has 0 aliphatic heterocycles. The summed E-state index contributed by atoms with van der Waals surface area (Å²) in [6.45, 7) is 12.1. The van der Waals surface area contributed by atoms with Gasteiger partial charge in [0, 0.05) is 6.04 Å². The fraction of sp³-hybridized carbons (Fsp3) is 0.500. The van der Waals surface area contributed by atoms with Gasteiger partial charge >= 0.3 is 0 Å². The van der Waals surface area contributed by atoms with Crippen LogP contribution in [0.1, 0.15) is 58.8 Å². The third kappa shape index (κ3) is 3.24. The Morgan fingerprint density at radius 3 is 2.42 bits per heavy atom. The second-order valence-corrected chi connectivity index (χ2v) is 7.04. The van der Waals surface area contributed by atoms with Crippen molar-refractivity contribution in [3.8, 4) is 0 Å². The lowest BCUT2D eigenvalue weighted by Gasteiger charge is -2.09. The van der Waals surface area contributed by atoms with E-state index in [2.05, 4.69) is 43.3 Å². The topological polar surface area (TPSA) is 103 Å². The molecule has 9 nitrogen and oxygen atoms in total. The van der Waals surface area contributed by atoms with E-state index in [0.29, 0.717) is 17.9 Å². The van der Waals surface area contributed by atoms with Gasteiger partial charge in [-0.3, -0.25) is 9.48 Å². The highest BCUT2D eigenvalue weighted by molar-refractivity contribution is 6.99. The normalized spacial score (nSPS) is 11.3. The van der Waals surface area contributed by atoms with E-state index in [1.54, 1.807) is 4.68 Å². The first kappa shape index (κ1) is 18.2. The van der Waals surface area contributed by atoms with Gasteiger partial charge in [-0.15, -0.1) is 5.10 Å². The zero-order chi connectivity index (χ0) is 19.0. The first-order chi connectivity index (χ1) is 12.3. The van der Waals surface area contributed by atoms with Gasteiger partial charge in [0.15, 0.2) is 5.69 Å². The third-order valence-electron chi connectivity index (χ3n) is 4.30. The number of nitrogens with one attached hydrogen (secondary N) is 1. The molecule has 0 fully saturated rings. The minimum atomic E-state index is -0.295. The summed E-state index contributed by atoms with van der Waals surface area (Å²) < 4.78 is 12.0. The number of rotatable bonds is 5. The van der Waals surface area contributed by atoms with E-state index in [9.17, 15) is 4.79 Å². The molecule has 0 aromatic carbocycles. The lowest BCUT2D eigenvalue weighted by atomic mass is 10.2. The predicted octanol–water partition coefficient (Wildman–Crippen LogP) is 2.44. The molecular weight excluding hydrogens is 352 g/mol. The first-order valence-electron chi connectivity index (χ1n) is 8.34. The Balaban J connectivity index is 1.82. The Kier molecular flexibility index (Phi) is 4.86. The molecule has 0 aliphatic rings. The van der Waals surface area contributed by atoms with Crippen LogP contribution in [0.25, 0.3) is 0 Å². The summed E-state index contributed by atoms with van der Waals surface area (Å²) in [4.78, 5) is 12.7. The highest BCUT2D eigenvalue weighted by Crippen LogP contribution is 2.23. The largest absolute Gasteiger partial charge is 0.317 e. The maximum Gasteiger partial charge on any atom is 0.278 e. The lowest BCUT2D eigenvalue weighted by molar-refractivity contribution is 0.102. The van der Waals surface area contributed by atoms with Gasteiger partial charge in [-0.05, 0) is 41.5 Å². The summed E-state index contributed by atoms with van der Waals surface area (Å²) in [7, 11) is 0. The minimum absolute atomic E-state index is 0.219. The Labute approximate surface area is 155 Å². The van der Waals surface area contributed by atoms with Crippen molar-refractivity contribution in [1.29, 1.82) is 0 Å². The Morgan fingerprint density at radius 1 is 1.12 bits per heavy atom. The molecule has 3 aromatic rings. The molecule has 0 bridgehead atoms. The second kappa shape index (κ2) is 6.94. The van der Waals surface area contributed by atoms with Crippen LogP contribution in [0, 0.1) is 27.7 Å². The van der Waals surface area contributed by atoms with Crippen molar-refractivity contribution in [2.75, 3.05) is 5.32 Å². The van der Waals surface area contributed by atoms with Crippen LogP contribution in [0.5, 0.6) is 0 Å². The molecule has 1 N–H and O–H groups in total. The average molecular weight is 374 g/mol. The van der Waals surface area contributed by atoms with E-state index in [1.807, 2.05) is 32.4 Å². The predicted molar refractivity (Wildman–Crippen MR) is 98.5 cm³/mol. The quantitative estimate of drug-likeness (QED) is 0.736. The number of carbonyl (C=O) groups excluding carboxylic acids is 1. The molecule has 0 spiro atoms. The monoisotopic (exact) mass is 374 g/mol. The fourth-order valence-electron chi connectivity index (χ4n) is 2.77. The number of amides is 1. The molecule has 138 valence electrons. The maximum atomic E-state index is 12.7. The van der Waals surface area contributed by atoms with E-state index in [4.69, 9.17) is 0 Å². The number of carbonyl (C=O) groups is 1. The second-order valence-electron chi connectivity index (χ2n) is 6.52. The van der Waals surface area contributed by atoms with Crippen LogP contribution in [0.2, 0.25) is 0 Å². The van der Waals surface area contributed by atoms with Crippen LogP contribution in [-0.4, -0.2) is 39.4 Å². The van der Waals surface area contributed by atoms with E-state index < -0.39 is 0 Å². The number of nitrogens with zero attached hydrogens (tertiary/aromatic N) is 7. The van der Waals surface area contributed by atoms with Gasteiger partial charge in [0.05, 0.1) is 52.4 Å². The molecule has 0 radical (unpaired) electrons. The van der Waals surface area contributed by atoms with Crippen molar-refractivity contribution in [3.63, 3.8) is 0 Å². The molecule has 3 rings (SSSR count). The van der Waals surface area contributed by atoms with Gasteiger partial charge in [-0.1, -0.05) is 5.21 Å². The molecule has 0 atom stereocenters. The number of aryl methyl sites for hydroxylation is 2.